The normalized spacial score (nSPS) is 11.6. The van der Waals surface area contributed by atoms with E-state index in [0.717, 1.165) is 6.20 Å². The second kappa shape index (κ2) is 5.25. The van der Waals surface area contributed by atoms with E-state index in [1.807, 2.05) is 5.32 Å². The smallest absolute Gasteiger partial charge is 0.312 e. The Labute approximate surface area is 91.0 Å². The summed E-state index contributed by atoms with van der Waals surface area (Å²) in [5, 5.41) is 2.67. The molecule has 1 aromatic carbocycles. The minimum absolute atomic E-state index is 0.339. The maximum absolute atomic E-state index is 12.0. The largest absolute Gasteiger partial charge is 0.496 e. The van der Waals surface area contributed by atoms with Crippen molar-refractivity contribution in [1.29, 1.82) is 0 Å². The number of nitrogens with one attached hydrogen (secondary N) is 1. The molecule has 86 valence electrons. The zero-order valence-electron chi connectivity index (χ0n) is 8.67. The third-order valence-corrected chi connectivity index (χ3v) is 1.99. The summed E-state index contributed by atoms with van der Waals surface area (Å²) in [5.41, 5.74) is 0.339. The van der Waals surface area contributed by atoms with Gasteiger partial charge in [0, 0.05) is 22.2 Å². The molecule has 1 rings (SSSR count). The number of ether oxygens (including phenoxy) is 1. The average molecular weight is 227 g/mol. The maximum atomic E-state index is 12.0. The van der Waals surface area contributed by atoms with Crippen LogP contribution in [-0.2, 0) is 0 Å². The van der Waals surface area contributed by atoms with Gasteiger partial charge in [0.2, 0.25) is 0 Å². The molecule has 0 aliphatic rings. The monoisotopic (exact) mass is 227 g/mol. The van der Waals surface area contributed by atoms with Crippen LogP contribution in [0.4, 0.5) is 8.78 Å². The number of aldehydes is 1. The summed E-state index contributed by atoms with van der Waals surface area (Å²) < 4.78 is 28.9. The van der Waals surface area contributed by atoms with Crippen molar-refractivity contribution in [3.63, 3.8) is 0 Å². The highest BCUT2D eigenvalue weighted by atomic mass is 19.3. The molecule has 0 unspecified atom stereocenters. The van der Waals surface area contributed by atoms with Gasteiger partial charge < -0.3 is 10.1 Å². The van der Waals surface area contributed by atoms with Crippen molar-refractivity contribution in [2.45, 2.75) is 6.55 Å². The summed E-state index contributed by atoms with van der Waals surface area (Å²) in [6.07, 6.45) is 1.71. The molecule has 0 amide bonds. The first kappa shape index (κ1) is 12.2. The minimum atomic E-state index is -2.66. The predicted molar refractivity (Wildman–Crippen MR) is 56.8 cm³/mol. The van der Waals surface area contributed by atoms with Gasteiger partial charge in [0.05, 0.1) is 7.11 Å². The SMILES string of the molecule is C=c1c(OC)cc(C=O)c/c1=C/NC(F)F. The molecular weight excluding hydrogens is 216 g/mol. The van der Waals surface area contributed by atoms with E-state index in [2.05, 4.69) is 6.58 Å². The van der Waals surface area contributed by atoms with Crippen molar-refractivity contribution in [2.24, 2.45) is 0 Å². The summed E-state index contributed by atoms with van der Waals surface area (Å²) in [4.78, 5) is 10.6. The summed E-state index contributed by atoms with van der Waals surface area (Å²) in [7, 11) is 1.42. The van der Waals surface area contributed by atoms with E-state index in [1.165, 1.54) is 19.2 Å². The van der Waals surface area contributed by atoms with Crippen LogP contribution in [-0.4, -0.2) is 19.9 Å². The topological polar surface area (TPSA) is 38.3 Å². The number of methoxy groups -OCH3 is 1. The summed E-state index contributed by atoms with van der Waals surface area (Å²) in [6.45, 7) is 1.03. The van der Waals surface area contributed by atoms with Crippen molar-refractivity contribution in [1.82, 2.24) is 5.32 Å². The molecule has 0 aliphatic heterocycles. The van der Waals surface area contributed by atoms with Crippen molar-refractivity contribution >= 4 is 19.1 Å². The van der Waals surface area contributed by atoms with Crippen LogP contribution in [0.25, 0.3) is 12.8 Å². The van der Waals surface area contributed by atoms with Crippen LogP contribution >= 0.6 is 0 Å². The molecule has 0 saturated carbocycles. The van der Waals surface area contributed by atoms with Gasteiger partial charge in [-0.1, -0.05) is 6.58 Å². The van der Waals surface area contributed by atoms with Gasteiger partial charge in [-0.3, -0.25) is 4.79 Å². The second-order valence-electron chi connectivity index (χ2n) is 3.02. The molecule has 0 radical (unpaired) electrons. The fourth-order valence-electron chi connectivity index (χ4n) is 1.22. The van der Waals surface area contributed by atoms with E-state index in [0.29, 0.717) is 28.0 Å². The number of halogens is 2. The lowest BCUT2D eigenvalue weighted by Crippen LogP contribution is -2.29. The van der Waals surface area contributed by atoms with Crippen LogP contribution in [0, 0.1) is 0 Å². The standard InChI is InChI=1S/C11H11F2NO2/c1-7-9(5-14-11(12)13)3-8(6-15)4-10(7)16-2/h3-6,11,14H,1H2,2H3/b9-5-. The Hall–Kier alpha value is -1.91. The van der Waals surface area contributed by atoms with Gasteiger partial charge in [-0.05, 0) is 12.1 Å². The van der Waals surface area contributed by atoms with E-state index >= 15 is 0 Å². The van der Waals surface area contributed by atoms with E-state index < -0.39 is 6.55 Å². The Kier molecular flexibility index (Phi) is 3.99. The lowest BCUT2D eigenvalue weighted by molar-refractivity contribution is 0.112. The number of alkyl halides is 2. The first-order valence-corrected chi connectivity index (χ1v) is 4.45. The Morgan fingerprint density at radius 3 is 2.69 bits per heavy atom. The van der Waals surface area contributed by atoms with Gasteiger partial charge in [0.1, 0.15) is 12.0 Å². The van der Waals surface area contributed by atoms with Crippen molar-refractivity contribution in [3.8, 4) is 5.75 Å². The molecule has 16 heavy (non-hydrogen) atoms. The van der Waals surface area contributed by atoms with Crippen LogP contribution in [0.3, 0.4) is 0 Å². The Morgan fingerprint density at radius 1 is 1.50 bits per heavy atom. The molecule has 0 aliphatic carbocycles. The van der Waals surface area contributed by atoms with Crippen LogP contribution in [0.5, 0.6) is 5.75 Å². The summed E-state index contributed by atoms with van der Waals surface area (Å²) >= 11 is 0. The molecular formula is C11H11F2NO2. The number of rotatable bonds is 4. The fourth-order valence-corrected chi connectivity index (χ4v) is 1.22. The zero-order valence-corrected chi connectivity index (χ0v) is 8.67. The number of carbonyl (C=O) groups is 1. The highest BCUT2D eigenvalue weighted by Gasteiger charge is 2.00. The van der Waals surface area contributed by atoms with Crippen molar-refractivity contribution in [2.75, 3.05) is 7.11 Å². The van der Waals surface area contributed by atoms with Crippen LogP contribution in [0.1, 0.15) is 10.4 Å². The average Bonchev–Trinajstić information content (AvgIpc) is 2.27. The molecule has 0 saturated heterocycles. The molecule has 3 nitrogen and oxygen atoms in total. The van der Waals surface area contributed by atoms with E-state index in [1.54, 1.807) is 0 Å². The molecule has 1 N–H and O–H groups in total. The molecule has 0 fully saturated rings. The number of carbonyl (C=O) groups excluding carboxylic acids is 1. The maximum Gasteiger partial charge on any atom is 0.312 e. The van der Waals surface area contributed by atoms with E-state index in [-0.39, 0.29) is 0 Å². The predicted octanol–water partition coefficient (Wildman–Crippen LogP) is 0.468. The van der Waals surface area contributed by atoms with Crippen LogP contribution < -0.4 is 20.5 Å². The van der Waals surface area contributed by atoms with Crippen LogP contribution in [0.2, 0.25) is 0 Å². The lowest BCUT2D eigenvalue weighted by atomic mass is 10.1. The quantitative estimate of drug-likeness (QED) is 0.600. The summed E-state index contributed by atoms with van der Waals surface area (Å²) in [5.74, 6) is 0.381. The summed E-state index contributed by atoms with van der Waals surface area (Å²) in [6, 6.07) is 2.95. The molecule has 1 aromatic rings. The zero-order chi connectivity index (χ0) is 12.1. The Bertz CT molecular complexity index is 485. The third-order valence-electron chi connectivity index (χ3n) is 1.99. The van der Waals surface area contributed by atoms with E-state index in [4.69, 9.17) is 4.74 Å². The Morgan fingerprint density at radius 2 is 2.19 bits per heavy atom. The Balaban J connectivity index is 3.32. The number of benzene rings is 1. The van der Waals surface area contributed by atoms with Gasteiger partial charge in [0.15, 0.2) is 0 Å². The second-order valence-corrected chi connectivity index (χ2v) is 3.02. The van der Waals surface area contributed by atoms with Gasteiger partial charge in [0.25, 0.3) is 0 Å². The van der Waals surface area contributed by atoms with E-state index in [9.17, 15) is 13.6 Å². The molecule has 0 heterocycles. The molecule has 0 aromatic heterocycles. The minimum Gasteiger partial charge on any atom is -0.496 e. The highest BCUT2D eigenvalue weighted by Crippen LogP contribution is 2.01. The van der Waals surface area contributed by atoms with Crippen LogP contribution in [0.15, 0.2) is 12.1 Å². The molecule has 0 bridgehead atoms. The van der Waals surface area contributed by atoms with Gasteiger partial charge >= 0.3 is 6.55 Å². The van der Waals surface area contributed by atoms with Gasteiger partial charge in [-0.2, -0.15) is 8.78 Å². The molecule has 5 heteroatoms. The lowest BCUT2D eigenvalue weighted by Gasteiger charge is -2.03. The van der Waals surface area contributed by atoms with Crippen molar-refractivity contribution < 1.29 is 18.3 Å². The first-order valence-electron chi connectivity index (χ1n) is 4.45. The third kappa shape index (κ3) is 2.79. The number of hydrogen-bond acceptors (Lipinski definition) is 3. The fraction of sp³-hybridized carbons (Fsp3) is 0.182. The van der Waals surface area contributed by atoms with Crippen molar-refractivity contribution in [3.05, 3.63) is 28.1 Å². The van der Waals surface area contributed by atoms with Gasteiger partial charge in [-0.15, -0.1) is 0 Å². The molecule has 0 atom stereocenters. The highest BCUT2D eigenvalue weighted by molar-refractivity contribution is 5.75. The molecule has 0 spiro atoms. The first-order chi connectivity index (χ1) is 7.58. The number of hydrogen-bond donors (Lipinski definition) is 1. The van der Waals surface area contributed by atoms with Gasteiger partial charge in [-0.25, -0.2) is 0 Å².